The van der Waals surface area contributed by atoms with Gasteiger partial charge in [-0.05, 0) is 35.2 Å². The first-order chi connectivity index (χ1) is 13.1. The van der Waals surface area contributed by atoms with E-state index in [2.05, 4.69) is 11.4 Å². The molecule has 0 bridgehead atoms. The molecule has 0 fully saturated rings. The summed E-state index contributed by atoms with van der Waals surface area (Å²) >= 11 is 14.1. The highest BCUT2D eigenvalue weighted by Crippen LogP contribution is 2.34. The summed E-state index contributed by atoms with van der Waals surface area (Å²) in [5.41, 5.74) is 1.59. The van der Waals surface area contributed by atoms with Gasteiger partial charge in [0.2, 0.25) is 0 Å². The van der Waals surface area contributed by atoms with Crippen LogP contribution in [0.15, 0.2) is 47.8 Å². The molecule has 3 nitrogen and oxygen atoms in total. The summed E-state index contributed by atoms with van der Waals surface area (Å²) in [6.45, 7) is 1.57. The number of rotatable bonds is 8. The van der Waals surface area contributed by atoms with E-state index in [0.29, 0.717) is 33.7 Å². The van der Waals surface area contributed by atoms with Crippen molar-refractivity contribution in [2.75, 3.05) is 7.11 Å². The Balaban J connectivity index is 1.67. The van der Waals surface area contributed by atoms with Crippen molar-refractivity contribution >= 4 is 34.5 Å². The van der Waals surface area contributed by atoms with Crippen molar-refractivity contribution in [1.82, 2.24) is 5.32 Å². The van der Waals surface area contributed by atoms with Gasteiger partial charge in [0.15, 0.2) is 11.5 Å². The predicted octanol–water partition coefficient (Wildman–Crippen LogP) is 6.07. The van der Waals surface area contributed by atoms with Gasteiger partial charge in [-0.25, -0.2) is 4.39 Å². The van der Waals surface area contributed by atoms with Crippen LogP contribution >= 0.6 is 34.5 Å². The Hall–Kier alpha value is -1.79. The van der Waals surface area contributed by atoms with Crippen LogP contribution in [0, 0.1) is 5.82 Å². The Morgan fingerprint density at radius 1 is 1.00 bits per heavy atom. The second-order valence-corrected chi connectivity index (χ2v) is 7.65. The molecule has 7 heteroatoms. The molecule has 0 aliphatic heterocycles. The highest BCUT2D eigenvalue weighted by molar-refractivity contribution is 7.09. The van der Waals surface area contributed by atoms with Crippen molar-refractivity contribution in [3.63, 3.8) is 0 Å². The zero-order valence-electron chi connectivity index (χ0n) is 14.6. The van der Waals surface area contributed by atoms with Crippen molar-refractivity contribution in [3.05, 3.63) is 79.7 Å². The molecule has 0 amide bonds. The lowest BCUT2D eigenvalue weighted by atomic mass is 10.2. The van der Waals surface area contributed by atoms with Gasteiger partial charge < -0.3 is 14.8 Å². The van der Waals surface area contributed by atoms with Gasteiger partial charge in [0, 0.05) is 34.6 Å². The standard InChI is InChI=1S/C20H18Cl2FNO2S/c1-25-19-7-14(10-24-11-16-3-2-6-27-16)18(22)9-20(19)26-12-13-4-5-15(23)8-17(13)21/h2-9,24H,10-12H2,1H3. The molecule has 3 rings (SSSR count). The van der Waals surface area contributed by atoms with Crippen LogP contribution in [-0.4, -0.2) is 7.11 Å². The molecule has 0 unspecified atom stereocenters. The summed E-state index contributed by atoms with van der Waals surface area (Å²) in [6.07, 6.45) is 0. The molecular formula is C20H18Cl2FNO2S. The fraction of sp³-hybridized carbons (Fsp3) is 0.200. The average molecular weight is 426 g/mol. The average Bonchev–Trinajstić information content (AvgIpc) is 3.16. The highest BCUT2D eigenvalue weighted by atomic mass is 35.5. The van der Waals surface area contributed by atoms with Gasteiger partial charge in [-0.15, -0.1) is 11.3 Å². The van der Waals surface area contributed by atoms with Crippen LogP contribution < -0.4 is 14.8 Å². The van der Waals surface area contributed by atoms with Gasteiger partial charge in [0.25, 0.3) is 0 Å². The smallest absolute Gasteiger partial charge is 0.163 e. The Morgan fingerprint density at radius 2 is 1.81 bits per heavy atom. The Labute approximate surface area is 171 Å². The van der Waals surface area contributed by atoms with Crippen LogP contribution in [-0.2, 0) is 19.7 Å². The maximum Gasteiger partial charge on any atom is 0.163 e. The summed E-state index contributed by atoms with van der Waals surface area (Å²) in [7, 11) is 1.57. The molecule has 0 saturated carbocycles. The van der Waals surface area contributed by atoms with Gasteiger partial charge in [-0.3, -0.25) is 0 Å². The van der Waals surface area contributed by atoms with Crippen LogP contribution in [0.2, 0.25) is 10.0 Å². The molecule has 0 aliphatic rings. The van der Waals surface area contributed by atoms with Gasteiger partial charge >= 0.3 is 0 Å². The minimum absolute atomic E-state index is 0.182. The molecule has 142 valence electrons. The lowest BCUT2D eigenvalue weighted by Gasteiger charge is -2.15. The number of hydrogen-bond acceptors (Lipinski definition) is 4. The summed E-state index contributed by atoms with van der Waals surface area (Å²) in [5.74, 6) is 0.694. The molecule has 27 heavy (non-hydrogen) atoms. The quantitative estimate of drug-likeness (QED) is 0.474. The fourth-order valence-electron chi connectivity index (χ4n) is 2.51. The first-order valence-corrected chi connectivity index (χ1v) is 9.86. The Morgan fingerprint density at radius 3 is 2.52 bits per heavy atom. The monoisotopic (exact) mass is 425 g/mol. The summed E-state index contributed by atoms with van der Waals surface area (Å²) in [4.78, 5) is 1.26. The highest BCUT2D eigenvalue weighted by Gasteiger charge is 2.12. The molecule has 1 aromatic heterocycles. The number of thiophene rings is 1. The van der Waals surface area contributed by atoms with Gasteiger partial charge in [0.05, 0.1) is 12.1 Å². The van der Waals surface area contributed by atoms with Crippen LogP contribution in [0.3, 0.4) is 0 Å². The maximum absolute atomic E-state index is 13.2. The SMILES string of the molecule is COc1cc(CNCc2cccs2)c(Cl)cc1OCc1ccc(F)cc1Cl. The zero-order valence-corrected chi connectivity index (χ0v) is 16.9. The minimum Gasteiger partial charge on any atom is -0.493 e. The third-order valence-electron chi connectivity index (χ3n) is 3.93. The summed E-state index contributed by atoms with van der Waals surface area (Å²) in [5, 5.41) is 6.30. The first kappa shape index (κ1) is 20.0. The number of hydrogen-bond donors (Lipinski definition) is 1. The number of nitrogens with one attached hydrogen (secondary N) is 1. The predicted molar refractivity (Wildman–Crippen MR) is 109 cm³/mol. The van der Waals surface area contributed by atoms with E-state index in [-0.39, 0.29) is 12.4 Å². The van der Waals surface area contributed by atoms with Gasteiger partial charge in [-0.2, -0.15) is 0 Å². The van der Waals surface area contributed by atoms with Gasteiger partial charge in [0.1, 0.15) is 12.4 Å². The van der Waals surface area contributed by atoms with Crippen LogP contribution in [0.5, 0.6) is 11.5 Å². The molecule has 1 heterocycles. The first-order valence-electron chi connectivity index (χ1n) is 8.23. The second-order valence-electron chi connectivity index (χ2n) is 5.80. The van der Waals surface area contributed by atoms with E-state index in [1.54, 1.807) is 30.6 Å². The fourth-order valence-corrected chi connectivity index (χ4v) is 3.63. The van der Waals surface area contributed by atoms with Crippen LogP contribution in [0.1, 0.15) is 16.0 Å². The second kappa shape index (κ2) is 9.42. The molecule has 0 radical (unpaired) electrons. The van der Waals surface area contributed by atoms with Gasteiger partial charge in [-0.1, -0.05) is 35.3 Å². The van der Waals surface area contributed by atoms with Crippen LogP contribution in [0.4, 0.5) is 4.39 Å². The van der Waals surface area contributed by atoms with E-state index >= 15 is 0 Å². The largest absolute Gasteiger partial charge is 0.493 e. The summed E-state index contributed by atoms with van der Waals surface area (Å²) < 4.78 is 24.4. The van der Waals surface area contributed by atoms with Crippen molar-refractivity contribution < 1.29 is 13.9 Å². The summed E-state index contributed by atoms with van der Waals surface area (Å²) in [6, 6.07) is 11.9. The maximum atomic E-state index is 13.2. The molecular weight excluding hydrogens is 408 g/mol. The van der Waals surface area contributed by atoms with E-state index in [4.69, 9.17) is 32.7 Å². The van der Waals surface area contributed by atoms with E-state index in [1.165, 1.54) is 17.0 Å². The molecule has 1 N–H and O–H groups in total. The van der Waals surface area contributed by atoms with Crippen molar-refractivity contribution in [3.8, 4) is 11.5 Å². The molecule has 0 spiro atoms. The minimum atomic E-state index is -0.385. The Bertz CT molecular complexity index is 903. The molecule has 0 aliphatic carbocycles. The lowest BCUT2D eigenvalue weighted by molar-refractivity contribution is 0.284. The van der Waals surface area contributed by atoms with Crippen molar-refractivity contribution in [2.24, 2.45) is 0 Å². The number of ether oxygens (including phenoxy) is 2. The Kier molecular flexibility index (Phi) is 6.96. The number of halogens is 3. The molecule has 0 saturated heterocycles. The number of benzene rings is 2. The third kappa shape index (κ3) is 5.36. The lowest BCUT2D eigenvalue weighted by Crippen LogP contribution is -2.12. The van der Waals surface area contributed by atoms with E-state index in [9.17, 15) is 4.39 Å². The van der Waals surface area contributed by atoms with Crippen molar-refractivity contribution in [2.45, 2.75) is 19.7 Å². The van der Waals surface area contributed by atoms with E-state index in [0.717, 1.165) is 12.1 Å². The zero-order chi connectivity index (χ0) is 19.2. The van der Waals surface area contributed by atoms with E-state index in [1.807, 2.05) is 17.5 Å². The van der Waals surface area contributed by atoms with Crippen LogP contribution in [0.25, 0.3) is 0 Å². The normalized spacial score (nSPS) is 10.8. The third-order valence-corrected chi connectivity index (χ3v) is 5.51. The number of methoxy groups -OCH3 is 1. The van der Waals surface area contributed by atoms with Crippen molar-refractivity contribution in [1.29, 1.82) is 0 Å². The molecule has 0 atom stereocenters. The topological polar surface area (TPSA) is 30.5 Å². The van der Waals surface area contributed by atoms with E-state index < -0.39 is 0 Å². The molecule has 2 aromatic carbocycles. The molecule has 3 aromatic rings.